The quantitative estimate of drug-likeness (QED) is 0.728. The molecule has 148 valence electrons. The largest absolute Gasteiger partial charge is 0.338 e. The molecule has 0 radical (unpaired) electrons. The van der Waals surface area contributed by atoms with Crippen LogP contribution in [0.4, 0.5) is 5.69 Å². The van der Waals surface area contributed by atoms with Gasteiger partial charge in [0.05, 0.1) is 5.92 Å². The van der Waals surface area contributed by atoms with E-state index in [4.69, 9.17) is 0 Å². The molecule has 1 aliphatic rings. The van der Waals surface area contributed by atoms with Crippen molar-refractivity contribution in [3.63, 3.8) is 0 Å². The number of rotatable bonds is 5. The van der Waals surface area contributed by atoms with Crippen LogP contribution in [0.25, 0.3) is 11.4 Å². The summed E-state index contributed by atoms with van der Waals surface area (Å²) in [5.41, 5.74) is 3.80. The average Bonchev–Trinajstić information content (AvgIpc) is 3.30. The Morgan fingerprint density at radius 3 is 2.72 bits per heavy atom. The summed E-state index contributed by atoms with van der Waals surface area (Å²) in [5.74, 6) is 0.242. The molecule has 0 bridgehead atoms. The number of aromatic nitrogens is 3. The van der Waals surface area contributed by atoms with Crippen LogP contribution in [-0.4, -0.2) is 38.0 Å². The molecule has 2 heterocycles. The van der Waals surface area contributed by atoms with Crippen molar-refractivity contribution >= 4 is 17.5 Å². The number of carbonyl (C=O) groups excluding carboxylic acids is 2. The molecule has 3 aromatic rings. The van der Waals surface area contributed by atoms with Crippen LogP contribution < -0.4 is 5.32 Å². The van der Waals surface area contributed by atoms with Crippen molar-refractivity contribution in [2.45, 2.75) is 19.9 Å². The third-order valence-electron chi connectivity index (χ3n) is 5.18. The Morgan fingerprint density at radius 2 is 2.00 bits per heavy atom. The zero-order chi connectivity index (χ0) is 20.4. The van der Waals surface area contributed by atoms with E-state index in [1.807, 2.05) is 67.1 Å². The lowest BCUT2D eigenvalue weighted by Gasteiger charge is -2.17. The molecule has 1 unspecified atom stereocenters. The second-order valence-corrected chi connectivity index (χ2v) is 7.50. The van der Waals surface area contributed by atoms with Gasteiger partial charge in [0.1, 0.15) is 6.33 Å². The number of hydrogen-bond donors (Lipinski definition) is 1. The highest BCUT2D eigenvalue weighted by Gasteiger charge is 2.34. The highest BCUT2D eigenvalue weighted by Crippen LogP contribution is 2.24. The van der Waals surface area contributed by atoms with E-state index in [-0.39, 0.29) is 24.2 Å². The summed E-state index contributed by atoms with van der Waals surface area (Å²) in [6.45, 7) is 3.00. The van der Waals surface area contributed by atoms with Gasteiger partial charge in [0.25, 0.3) is 0 Å². The molecule has 0 aliphatic carbocycles. The Morgan fingerprint density at radius 1 is 1.21 bits per heavy atom. The van der Waals surface area contributed by atoms with Gasteiger partial charge in [-0.2, -0.15) is 0 Å². The molecule has 7 nitrogen and oxygen atoms in total. The van der Waals surface area contributed by atoms with Gasteiger partial charge in [-0.05, 0) is 24.6 Å². The minimum Gasteiger partial charge on any atom is -0.338 e. The zero-order valence-corrected chi connectivity index (χ0v) is 16.5. The van der Waals surface area contributed by atoms with Gasteiger partial charge in [-0.25, -0.2) is 0 Å². The van der Waals surface area contributed by atoms with E-state index in [2.05, 4.69) is 15.5 Å². The zero-order valence-electron chi connectivity index (χ0n) is 16.5. The first kappa shape index (κ1) is 18.9. The molecule has 29 heavy (non-hydrogen) atoms. The summed E-state index contributed by atoms with van der Waals surface area (Å²) in [6.07, 6.45) is 1.87. The van der Waals surface area contributed by atoms with Crippen LogP contribution in [0, 0.1) is 12.8 Å². The third-order valence-corrected chi connectivity index (χ3v) is 5.18. The Balaban J connectivity index is 1.41. The first-order valence-electron chi connectivity index (χ1n) is 9.58. The highest BCUT2D eigenvalue weighted by atomic mass is 16.2. The molecule has 1 fully saturated rings. The molecular weight excluding hydrogens is 366 g/mol. The monoisotopic (exact) mass is 389 g/mol. The van der Waals surface area contributed by atoms with E-state index in [1.54, 1.807) is 11.2 Å². The molecule has 1 aromatic heterocycles. The van der Waals surface area contributed by atoms with Crippen molar-refractivity contribution < 1.29 is 9.59 Å². The molecular formula is C22H23N5O2. The SMILES string of the molecule is Cc1ccc(CN2CC(C(=O)Nc3cccc(-c4nncn4C)c3)CC2=O)cc1. The van der Waals surface area contributed by atoms with Gasteiger partial charge in [0.15, 0.2) is 5.82 Å². The molecule has 7 heteroatoms. The number of likely N-dealkylation sites (tertiary alicyclic amines) is 1. The number of anilines is 1. The normalized spacial score (nSPS) is 16.3. The predicted molar refractivity (Wildman–Crippen MR) is 110 cm³/mol. The smallest absolute Gasteiger partial charge is 0.229 e. The summed E-state index contributed by atoms with van der Waals surface area (Å²) in [5, 5.41) is 10.9. The number of nitrogens with zero attached hydrogens (tertiary/aromatic N) is 4. The van der Waals surface area contributed by atoms with E-state index in [1.165, 1.54) is 5.56 Å². The molecule has 0 spiro atoms. The van der Waals surface area contributed by atoms with E-state index in [0.717, 1.165) is 17.0 Å². The van der Waals surface area contributed by atoms with Crippen LogP contribution in [0.2, 0.25) is 0 Å². The fourth-order valence-corrected chi connectivity index (χ4v) is 3.54. The lowest BCUT2D eigenvalue weighted by atomic mass is 10.1. The van der Waals surface area contributed by atoms with Gasteiger partial charge in [-0.15, -0.1) is 10.2 Å². The van der Waals surface area contributed by atoms with E-state index in [9.17, 15) is 9.59 Å². The van der Waals surface area contributed by atoms with Gasteiger partial charge in [0.2, 0.25) is 11.8 Å². The van der Waals surface area contributed by atoms with Crippen LogP contribution in [0.5, 0.6) is 0 Å². The Bertz CT molecular complexity index is 1040. The summed E-state index contributed by atoms with van der Waals surface area (Å²) in [4.78, 5) is 26.9. The first-order valence-corrected chi connectivity index (χ1v) is 9.58. The minimum atomic E-state index is -0.355. The molecule has 2 aromatic carbocycles. The fourth-order valence-electron chi connectivity index (χ4n) is 3.54. The summed E-state index contributed by atoms with van der Waals surface area (Å²) in [7, 11) is 1.87. The third kappa shape index (κ3) is 4.18. The van der Waals surface area contributed by atoms with Crippen molar-refractivity contribution in [1.29, 1.82) is 0 Å². The molecule has 0 saturated carbocycles. The molecule has 1 saturated heterocycles. The maximum Gasteiger partial charge on any atom is 0.229 e. The van der Waals surface area contributed by atoms with E-state index in [0.29, 0.717) is 18.8 Å². The number of carbonyl (C=O) groups is 2. The van der Waals surface area contributed by atoms with Gasteiger partial charge < -0.3 is 14.8 Å². The Labute approximate surface area is 169 Å². The van der Waals surface area contributed by atoms with Crippen molar-refractivity contribution in [3.8, 4) is 11.4 Å². The second kappa shape index (κ2) is 7.87. The fraction of sp³-hybridized carbons (Fsp3) is 0.273. The van der Waals surface area contributed by atoms with Gasteiger partial charge in [-0.3, -0.25) is 9.59 Å². The van der Waals surface area contributed by atoms with Crippen LogP contribution in [0.15, 0.2) is 54.9 Å². The summed E-state index contributed by atoms with van der Waals surface area (Å²) < 4.78 is 1.82. The number of hydrogen-bond acceptors (Lipinski definition) is 4. The average molecular weight is 389 g/mol. The first-order chi connectivity index (χ1) is 14.0. The highest BCUT2D eigenvalue weighted by molar-refractivity contribution is 5.97. The lowest BCUT2D eigenvalue weighted by molar-refractivity contribution is -0.128. The van der Waals surface area contributed by atoms with Gasteiger partial charge in [-0.1, -0.05) is 42.0 Å². The molecule has 1 atom stereocenters. The van der Waals surface area contributed by atoms with Crippen molar-refractivity contribution in [1.82, 2.24) is 19.7 Å². The van der Waals surface area contributed by atoms with Gasteiger partial charge in [0, 0.05) is 37.8 Å². The topological polar surface area (TPSA) is 80.1 Å². The number of nitrogens with one attached hydrogen (secondary N) is 1. The van der Waals surface area contributed by atoms with Crippen LogP contribution >= 0.6 is 0 Å². The van der Waals surface area contributed by atoms with Crippen LogP contribution in [0.3, 0.4) is 0 Å². The molecule has 1 N–H and O–H groups in total. The molecule has 2 amide bonds. The summed E-state index contributed by atoms with van der Waals surface area (Å²) in [6, 6.07) is 15.6. The number of amides is 2. The van der Waals surface area contributed by atoms with Crippen LogP contribution in [0.1, 0.15) is 17.5 Å². The van der Waals surface area contributed by atoms with E-state index < -0.39 is 0 Å². The number of benzene rings is 2. The van der Waals surface area contributed by atoms with Crippen molar-refractivity contribution in [3.05, 3.63) is 66.0 Å². The maximum atomic E-state index is 12.7. The standard InChI is InChI=1S/C22H23N5O2/c1-15-6-8-16(9-7-15)12-27-13-18(11-20(27)28)22(29)24-19-5-3-4-17(10-19)21-25-23-14-26(21)2/h3-10,14,18H,11-13H2,1-2H3,(H,24,29). The van der Waals surface area contributed by atoms with Crippen molar-refractivity contribution in [2.75, 3.05) is 11.9 Å². The molecule has 4 rings (SSSR count). The molecule has 1 aliphatic heterocycles. The van der Waals surface area contributed by atoms with Crippen molar-refractivity contribution in [2.24, 2.45) is 13.0 Å². The number of aryl methyl sites for hydroxylation is 2. The second-order valence-electron chi connectivity index (χ2n) is 7.50. The Kier molecular flexibility index (Phi) is 5.12. The Hall–Kier alpha value is -3.48. The van der Waals surface area contributed by atoms with E-state index >= 15 is 0 Å². The minimum absolute atomic E-state index is 0.0126. The van der Waals surface area contributed by atoms with Gasteiger partial charge >= 0.3 is 0 Å². The summed E-state index contributed by atoms with van der Waals surface area (Å²) >= 11 is 0. The predicted octanol–water partition coefficient (Wildman–Crippen LogP) is 2.78. The lowest BCUT2D eigenvalue weighted by Crippen LogP contribution is -2.28. The maximum absolute atomic E-state index is 12.7. The van der Waals surface area contributed by atoms with Crippen LogP contribution in [-0.2, 0) is 23.2 Å².